The normalized spacial score (nSPS) is 22.3. The molecule has 0 bridgehead atoms. The Labute approximate surface area is 238 Å². The largest absolute Gasteiger partial charge is 0.416 e. The number of rotatable bonds is 6. The highest BCUT2D eigenvalue weighted by molar-refractivity contribution is 7.99. The van der Waals surface area contributed by atoms with E-state index in [0.29, 0.717) is 31.5 Å². The lowest BCUT2D eigenvalue weighted by atomic mass is 9.84. The minimum absolute atomic E-state index is 0.0307. The number of benzene rings is 1. The van der Waals surface area contributed by atoms with Gasteiger partial charge in [-0.25, -0.2) is 4.79 Å². The predicted molar refractivity (Wildman–Crippen MR) is 152 cm³/mol. The van der Waals surface area contributed by atoms with E-state index in [4.69, 9.17) is 0 Å². The van der Waals surface area contributed by atoms with Crippen LogP contribution in [0.3, 0.4) is 0 Å². The molecule has 8 nitrogen and oxygen atoms in total. The first-order valence-electron chi connectivity index (χ1n) is 14.3. The zero-order valence-electron chi connectivity index (χ0n) is 23.0. The summed E-state index contributed by atoms with van der Waals surface area (Å²) in [6.45, 7) is 6.17. The van der Waals surface area contributed by atoms with Crippen molar-refractivity contribution in [3.8, 4) is 0 Å². The number of likely N-dealkylation sites (tertiary alicyclic amines) is 2. The molecule has 2 aromatic rings. The maximum atomic E-state index is 13.7. The molecule has 218 valence electrons. The molecule has 4 fully saturated rings. The maximum absolute atomic E-state index is 13.7. The fraction of sp³-hybridized carbons (Fsp3) is 0.643. The number of hydrogen-bond acceptors (Lipinski definition) is 7. The fourth-order valence-electron chi connectivity index (χ4n) is 6.80. The molecule has 0 unspecified atom stereocenters. The van der Waals surface area contributed by atoms with Gasteiger partial charge in [0.1, 0.15) is 0 Å². The number of halogens is 3. The summed E-state index contributed by atoms with van der Waals surface area (Å²) in [5.74, 6) is 0.651. The van der Waals surface area contributed by atoms with Crippen LogP contribution >= 0.6 is 11.9 Å². The van der Waals surface area contributed by atoms with Gasteiger partial charge in [-0.3, -0.25) is 9.80 Å². The standard InChI is InChI=1S/C28H38F3N7OS/c1-40-33-25-7-12-38(32-25)26(39)36-13-9-27(10-14-36)8-2-11-37(27)20-21-3-4-22(28(29,30)31)19-24(21)35-17-15-34(16-18-35)23-5-6-23/h3-4,7,12,19,23H,2,5-6,8-11,13-18,20H2,1H3,(H,32,33). The van der Waals surface area contributed by atoms with Crippen LogP contribution in [0.25, 0.3) is 0 Å². The van der Waals surface area contributed by atoms with E-state index < -0.39 is 11.7 Å². The number of alkyl halides is 3. The lowest BCUT2D eigenvalue weighted by Gasteiger charge is -2.45. The Morgan fingerprint density at radius 1 is 1.05 bits per heavy atom. The average molecular weight is 578 g/mol. The van der Waals surface area contributed by atoms with Crippen LogP contribution in [0.1, 0.15) is 49.7 Å². The van der Waals surface area contributed by atoms with E-state index in [2.05, 4.69) is 24.5 Å². The van der Waals surface area contributed by atoms with Gasteiger partial charge >= 0.3 is 12.2 Å². The summed E-state index contributed by atoms with van der Waals surface area (Å²) in [6.07, 6.45) is 5.53. The van der Waals surface area contributed by atoms with Gasteiger partial charge in [-0.2, -0.15) is 17.9 Å². The smallest absolute Gasteiger partial charge is 0.369 e. The minimum atomic E-state index is -4.36. The SMILES string of the molecule is CSNc1ccn(C(=O)N2CCC3(CCCN3Cc3ccc(C(F)(F)F)cc3N3CCN(C4CC4)CC3)CC2)n1. The Balaban J connectivity index is 1.16. The van der Waals surface area contributed by atoms with E-state index in [0.717, 1.165) is 69.7 Å². The molecule has 1 amide bonds. The van der Waals surface area contributed by atoms with Crippen LogP contribution in [0.2, 0.25) is 0 Å². The minimum Gasteiger partial charge on any atom is -0.369 e. The molecule has 1 N–H and O–H groups in total. The summed E-state index contributed by atoms with van der Waals surface area (Å²) < 4.78 is 45.6. The molecule has 1 aromatic carbocycles. The second kappa shape index (κ2) is 11.1. The van der Waals surface area contributed by atoms with Gasteiger partial charge in [0.15, 0.2) is 5.82 Å². The van der Waals surface area contributed by atoms with Gasteiger partial charge in [-0.1, -0.05) is 18.0 Å². The van der Waals surface area contributed by atoms with Crippen LogP contribution < -0.4 is 9.62 Å². The third-order valence-electron chi connectivity index (χ3n) is 9.19. The number of piperazine rings is 1. The Hall–Kier alpha value is -2.44. The molecule has 3 aliphatic heterocycles. The van der Waals surface area contributed by atoms with Gasteiger partial charge in [-0.05, 0) is 62.8 Å². The highest BCUT2D eigenvalue weighted by Crippen LogP contribution is 2.42. The molecule has 1 aliphatic carbocycles. The van der Waals surface area contributed by atoms with Crippen molar-refractivity contribution in [3.05, 3.63) is 41.6 Å². The van der Waals surface area contributed by atoms with Crippen molar-refractivity contribution in [3.63, 3.8) is 0 Å². The molecule has 40 heavy (non-hydrogen) atoms. The zero-order valence-corrected chi connectivity index (χ0v) is 23.8. The number of nitrogens with zero attached hydrogens (tertiary/aromatic N) is 6. The average Bonchev–Trinajstić information content (AvgIpc) is 3.59. The molecule has 6 rings (SSSR count). The van der Waals surface area contributed by atoms with Crippen LogP contribution in [0.5, 0.6) is 0 Å². The number of amides is 1. The topological polar surface area (TPSA) is 59.9 Å². The van der Waals surface area contributed by atoms with E-state index in [9.17, 15) is 18.0 Å². The molecule has 12 heteroatoms. The number of aromatic nitrogens is 2. The molecular weight excluding hydrogens is 539 g/mol. The van der Waals surface area contributed by atoms with Crippen LogP contribution in [0.4, 0.5) is 29.5 Å². The van der Waals surface area contributed by atoms with Crippen molar-refractivity contribution < 1.29 is 18.0 Å². The number of carbonyl (C=O) groups is 1. The molecule has 0 atom stereocenters. The van der Waals surface area contributed by atoms with E-state index in [1.165, 1.54) is 41.6 Å². The number of hydrogen-bond donors (Lipinski definition) is 1. The van der Waals surface area contributed by atoms with Crippen LogP contribution in [0.15, 0.2) is 30.5 Å². The second-order valence-corrected chi connectivity index (χ2v) is 12.2. The Kier molecular flexibility index (Phi) is 7.69. The van der Waals surface area contributed by atoms with Gasteiger partial charge in [0.25, 0.3) is 0 Å². The van der Waals surface area contributed by atoms with E-state index >= 15 is 0 Å². The van der Waals surface area contributed by atoms with Gasteiger partial charge in [0.2, 0.25) is 0 Å². The Bertz CT molecular complexity index is 1200. The van der Waals surface area contributed by atoms with E-state index in [-0.39, 0.29) is 11.6 Å². The first-order valence-corrected chi connectivity index (χ1v) is 15.6. The lowest BCUT2D eigenvalue weighted by molar-refractivity contribution is -0.137. The molecular formula is C28H38F3N7OS. The van der Waals surface area contributed by atoms with Crippen molar-refractivity contribution >= 4 is 29.5 Å². The van der Waals surface area contributed by atoms with Crippen molar-refractivity contribution in [1.82, 2.24) is 24.5 Å². The molecule has 4 heterocycles. The molecule has 1 saturated carbocycles. The van der Waals surface area contributed by atoms with Gasteiger partial charge in [0.05, 0.1) is 5.56 Å². The summed E-state index contributed by atoms with van der Waals surface area (Å²) in [4.78, 5) is 22.1. The fourth-order valence-corrected chi connectivity index (χ4v) is 7.12. The number of carbonyl (C=O) groups excluding carboxylic acids is 1. The first kappa shape index (κ1) is 27.7. The monoisotopic (exact) mass is 577 g/mol. The van der Waals surface area contributed by atoms with Crippen LogP contribution in [-0.4, -0.2) is 94.2 Å². The van der Waals surface area contributed by atoms with Gasteiger partial charge in [0, 0.05) is 81.6 Å². The molecule has 1 aromatic heterocycles. The number of nitrogens with one attached hydrogen (secondary N) is 1. The zero-order chi connectivity index (χ0) is 27.9. The van der Waals surface area contributed by atoms with Crippen LogP contribution in [0, 0.1) is 0 Å². The summed E-state index contributed by atoms with van der Waals surface area (Å²) in [6, 6.07) is 6.65. The van der Waals surface area contributed by atoms with E-state index in [1.54, 1.807) is 18.3 Å². The summed E-state index contributed by atoms with van der Waals surface area (Å²) in [5, 5.41) is 4.33. The van der Waals surface area contributed by atoms with Gasteiger partial charge in [-0.15, -0.1) is 5.10 Å². The van der Waals surface area contributed by atoms with E-state index in [1.807, 2.05) is 11.2 Å². The lowest BCUT2D eigenvalue weighted by Crippen LogP contribution is -2.53. The summed E-state index contributed by atoms with van der Waals surface area (Å²) in [5.41, 5.74) is 1.09. The third kappa shape index (κ3) is 5.67. The first-order chi connectivity index (χ1) is 19.3. The molecule has 1 spiro atoms. The van der Waals surface area contributed by atoms with Gasteiger partial charge < -0.3 is 14.5 Å². The maximum Gasteiger partial charge on any atom is 0.416 e. The highest BCUT2D eigenvalue weighted by atomic mass is 32.2. The van der Waals surface area contributed by atoms with Crippen molar-refractivity contribution in [2.75, 3.05) is 61.7 Å². The predicted octanol–water partition coefficient (Wildman–Crippen LogP) is 4.97. The van der Waals surface area contributed by atoms with Crippen LogP contribution in [-0.2, 0) is 12.7 Å². The van der Waals surface area contributed by atoms with Crippen molar-refractivity contribution in [2.45, 2.75) is 62.8 Å². The Morgan fingerprint density at radius 2 is 1.80 bits per heavy atom. The molecule has 4 aliphatic rings. The highest BCUT2D eigenvalue weighted by Gasteiger charge is 2.44. The summed E-state index contributed by atoms with van der Waals surface area (Å²) in [7, 11) is 0. The Morgan fingerprint density at radius 3 is 2.48 bits per heavy atom. The summed E-state index contributed by atoms with van der Waals surface area (Å²) >= 11 is 1.43. The third-order valence-corrected chi connectivity index (χ3v) is 9.60. The number of anilines is 2. The van der Waals surface area contributed by atoms with Crippen molar-refractivity contribution in [1.29, 1.82) is 0 Å². The van der Waals surface area contributed by atoms with Crippen molar-refractivity contribution in [2.24, 2.45) is 0 Å². The number of piperidine rings is 1. The molecule has 0 radical (unpaired) electrons. The molecule has 3 saturated heterocycles. The quantitative estimate of drug-likeness (QED) is 0.487. The second-order valence-electron chi connectivity index (χ2n) is 11.6.